The molecule has 0 amide bonds. The van der Waals surface area contributed by atoms with Crippen molar-refractivity contribution >= 4 is 0 Å². The fraction of sp³-hybridized carbons (Fsp3) is 0.150. The van der Waals surface area contributed by atoms with Gasteiger partial charge in [-0.3, -0.25) is 0 Å². The SMILES string of the molecule is Cc1c(OCc2ccccc2)ccc[n+]1Cc1ccccc1. The molecule has 0 bridgehead atoms. The van der Waals surface area contributed by atoms with Gasteiger partial charge in [-0.1, -0.05) is 60.7 Å². The van der Waals surface area contributed by atoms with E-state index in [0.29, 0.717) is 6.61 Å². The Bertz CT molecular complexity index is 723. The van der Waals surface area contributed by atoms with Gasteiger partial charge in [-0.2, -0.15) is 4.57 Å². The van der Waals surface area contributed by atoms with Crippen LogP contribution < -0.4 is 9.30 Å². The Morgan fingerprint density at radius 1 is 0.773 bits per heavy atom. The Morgan fingerprint density at radius 2 is 1.41 bits per heavy atom. The third-order valence-electron chi connectivity index (χ3n) is 3.73. The van der Waals surface area contributed by atoms with Gasteiger partial charge in [-0.25, -0.2) is 0 Å². The highest BCUT2D eigenvalue weighted by molar-refractivity contribution is 5.23. The van der Waals surface area contributed by atoms with Crippen LogP contribution in [-0.2, 0) is 13.2 Å². The van der Waals surface area contributed by atoms with Crippen molar-refractivity contribution in [2.24, 2.45) is 0 Å². The molecule has 2 aromatic carbocycles. The van der Waals surface area contributed by atoms with Crippen LogP contribution in [-0.4, -0.2) is 0 Å². The highest BCUT2D eigenvalue weighted by Gasteiger charge is 2.12. The predicted molar refractivity (Wildman–Crippen MR) is 87.7 cm³/mol. The monoisotopic (exact) mass is 290 g/mol. The molecule has 0 unspecified atom stereocenters. The van der Waals surface area contributed by atoms with Crippen LogP contribution in [0.4, 0.5) is 0 Å². The number of benzene rings is 2. The number of hydrogen-bond donors (Lipinski definition) is 0. The van der Waals surface area contributed by atoms with Gasteiger partial charge in [0.15, 0.2) is 18.5 Å². The molecule has 0 aliphatic carbocycles. The van der Waals surface area contributed by atoms with E-state index in [1.807, 2.05) is 36.4 Å². The van der Waals surface area contributed by atoms with Crippen molar-refractivity contribution in [3.05, 3.63) is 95.8 Å². The second-order valence-corrected chi connectivity index (χ2v) is 5.35. The molecule has 2 heteroatoms. The van der Waals surface area contributed by atoms with Crippen molar-refractivity contribution in [2.45, 2.75) is 20.1 Å². The summed E-state index contributed by atoms with van der Waals surface area (Å²) < 4.78 is 8.20. The van der Waals surface area contributed by atoms with Gasteiger partial charge in [0.05, 0.1) is 0 Å². The van der Waals surface area contributed by atoms with Gasteiger partial charge < -0.3 is 4.74 Å². The molecule has 1 aromatic heterocycles. The van der Waals surface area contributed by atoms with E-state index in [9.17, 15) is 0 Å². The molecule has 0 aliphatic heterocycles. The molecule has 0 spiro atoms. The van der Waals surface area contributed by atoms with Crippen molar-refractivity contribution < 1.29 is 9.30 Å². The average Bonchev–Trinajstić information content (AvgIpc) is 2.58. The number of rotatable bonds is 5. The van der Waals surface area contributed by atoms with Crippen molar-refractivity contribution in [3.63, 3.8) is 0 Å². The molecule has 110 valence electrons. The number of nitrogens with zero attached hydrogens (tertiary/aromatic N) is 1. The predicted octanol–water partition coefficient (Wildman–Crippen LogP) is 3.91. The maximum Gasteiger partial charge on any atom is 0.220 e. The van der Waals surface area contributed by atoms with E-state index in [0.717, 1.165) is 18.0 Å². The first-order chi connectivity index (χ1) is 10.8. The maximum atomic E-state index is 5.98. The van der Waals surface area contributed by atoms with Crippen LogP contribution in [0.1, 0.15) is 16.8 Å². The molecule has 0 aliphatic rings. The molecule has 1 heterocycles. The van der Waals surface area contributed by atoms with Gasteiger partial charge in [0.2, 0.25) is 5.69 Å². The Kier molecular flexibility index (Phi) is 4.50. The molecule has 22 heavy (non-hydrogen) atoms. The van der Waals surface area contributed by atoms with E-state index in [4.69, 9.17) is 4.74 Å². The summed E-state index contributed by atoms with van der Waals surface area (Å²) in [5.41, 5.74) is 3.61. The van der Waals surface area contributed by atoms with Crippen LogP contribution in [0, 0.1) is 6.92 Å². The van der Waals surface area contributed by atoms with E-state index >= 15 is 0 Å². The summed E-state index contributed by atoms with van der Waals surface area (Å²) >= 11 is 0. The van der Waals surface area contributed by atoms with E-state index < -0.39 is 0 Å². The van der Waals surface area contributed by atoms with Crippen LogP contribution in [0.15, 0.2) is 79.0 Å². The zero-order valence-corrected chi connectivity index (χ0v) is 12.8. The summed E-state index contributed by atoms with van der Waals surface area (Å²) in [5, 5.41) is 0. The molecule has 0 atom stereocenters. The summed E-state index contributed by atoms with van der Waals surface area (Å²) in [6.07, 6.45) is 2.09. The highest BCUT2D eigenvalue weighted by Crippen LogP contribution is 2.15. The van der Waals surface area contributed by atoms with Crippen molar-refractivity contribution in [1.29, 1.82) is 0 Å². The number of aromatic nitrogens is 1. The second-order valence-electron chi connectivity index (χ2n) is 5.35. The Balaban J connectivity index is 1.74. The quantitative estimate of drug-likeness (QED) is 0.649. The number of hydrogen-bond acceptors (Lipinski definition) is 1. The maximum absolute atomic E-state index is 5.98. The first-order valence-corrected chi connectivity index (χ1v) is 7.52. The lowest BCUT2D eigenvalue weighted by atomic mass is 10.2. The summed E-state index contributed by atoms with van der Waals surface area (Å²) in [7, 11) is 0. The third-order valence-corrected chi connectivity index (χ3v) is 3.73. The zero-order valence-electron chi connectivity index (χ0n) is 12.8. The van der Waals surface area contributed by atoms with Gasteiger partial charge in [0.1, 0.15) is 6.61 Å². The second kappa shape index (κ2) is 6.90. The summed E-state index contributed by atoms with van der Waals surface area (Å²) in [5.74, 6) is 0.933. The standard InChI is InChI=1S/C20H20NO/c1-17-20(22-16-19-11-6-3-7-12-19)13-8-14-21(17)15-18-9-4-2-5-10-18/h2-14H,15-16H2,1H3/q+1. The molecule has 3 aromatic rings. The van der Waals surface area contributed by atoms with Crippen molar-refractivity contribution in [2.75, 3.05) is 0 Å². The zero-order chi connectivity index (χ0) is 15.2. The summed E-state index contributed by atoms with van der Waals surface area (Å²) in [6.45, 7) is 3.55. The Morgan fingerprint density at radius 3 is 2.09 bits per heavy atom. The van der Waals surface area contributed by atoms with Gasteiger partial charge in [-0.15, -0.1) is 0 Å². The molecule has 3 rings (SSSR count). The lowest BCUT2D eigenvalue weighted by Crippen LogP contribution is -2.37. The molecule has 0 N–H and O–H groups in total. The normalized spacial score (nSPS) is 10.4. The molecular formula is C20H20NO+. The van der Waals surface area contributed by atoms with Gasteiger partial charge in [0, 0.05) is 18.6 Å². The van der Waals surface area contributed by atoms with Gasteiger partial charge >= 0.3 is 0 Å². The minimum absolute atomic E-state index is 0.594. The molecule has 0 saturated heterocycles. The average molecular weight is 290 g/mol. The molecule has 2 nitrogen and oxygen atoms in total. The molecule has 0 saturated carbocycles. The van der Waals surface area contributed by atoms with Crippen LogP contribution in [0.2, 0.25) is 0 Å². The minimum atomic E-state index is 0.594. The van der Waals surface area contributed by atoms with E-state index in [1.54, 1.807) is 0 Å². The molecule has 0 fully saturated rings. The first-order valence-electron chi connectivity index (χ1n) is 7.52. The summed E-state index contributed by atoms with van der Waals surface area (Å²) in [6, 6.07) is 24.8. The van der Waals surface area contributed by atoms with Gasteiger partial charge in [0.25, 0.3) is 0 Å². The van der Waals surface area contributed by atoms with E-state index in [1.165, 1.54) is 11.1 Å². The lowest BCUT2D eigenvalue weighted by Gasteiger charge is -2.09. The molecule has 0 radical (unpaired) electrons. The van der Waals surface area contributed by atoms with Crippen molar-refractivity contribution in [1.82, 2.24) is 0 Å². The Labute approximate surface area is 131 Å². The fourth-order valence-corrected chi connectivity index (χ4v) is 2.45. The van der Waals surface area contributed by atoms with Crippen LogP contribution in [0.5, 0.6) is 5.75 Å². The highest BCUT2D eigenvalue weighted by atomic mass is 16.5. The number of ether oxygens (including phenoxy) is 1. The van der Waals surface area contributed by atoms with Crippen molar-refractivity contribution in [3.8, 4) is 5.75 Å². The van der Waals surface area contributed by atoms with E-state index in [-0.39, 0.29) is 0 Å². The smallest absolute Gasteiger partial charge is 0.220 e. The largest absolute Gasteiger partial charge is 0.482 e. The van der Waals surface area contributed by atoms with Crippen LogP contribution >= 0.6 is 0 Å². The van der Waals surface area contributed by atoms with E-state index in [2.05, 4.69) is 54.1 Å². The van der Waals surface area contributed by atoms with Crippen LogP contribution in [0.3, 0.4) is 0 Å². The fourth-order valence-electron chi connectivity index (χ4n) is 2.45. The van der Waals surface area contributed by atoms with Gasteiger partial charge in [-0.05, 0) is 11.6 Å². The summed E-state index contributed by atoms with van der Waals surface area (Å²) in [4.78, 5) is 0. The third kappa shape index (κ3) is 3.53. The van der Waals surface area contributed by atoms with Crippen LogP contribution in [0.25, 0.3) is 0 Å². The number of pyridine rings is 1. The Hall–Kier alpha value is -2.61. The molecular weight excluding hydrogens is 270 g/mol. The lowest BCUT2D eigenvalue weighted by molar-refractivity contribution is -0.694. The topological polar surface area (TPSA) is 13.1 Å². The first kappa shape index (κ1) is 14.3. The minimum Gasteiger partial charge on any atom is -0.482 e.